The van der Waals surface area contributed by atoms with E-state index in [4.69, 9.17) is 9.47 Å². The Morgan fingerprint density at radius 2 is 0.702 bits per heavy atom. The Morgan fingerprint density at radius 3 is 1.22 bits per heavy atom. The normalized spacial score (nSPS) is 13.1. The van der Waals surface area contributed by atoms with E-state index in [0.29, 0.717) is 11.3 Å². The fourth-order valence-electron chi connectivity index (χ4n) is 20.5. The van der Waals surface area contributed by atoms with Gasteiger partial charge >= 0.3 is 0 Å². The first kappa shape index (κ1) is 74.2. The molecule has 0 fully saturated rings. The van der Waals surface area contributed by atoms with Crippen LogP contribution in [0.4, 0.5) is 34.1 Å². The van der Waals surface area contributed by atoms with Crippen molar-refractivity contribution >= 4 is 124 Å². The Bertz CT molecular complexity index is 7490. The molecule has 6 heterocycles. The molecule has 7 nitrogen and oxygen atoms in total. The van der Waals surface area contributed by atoms with Crippen LogP contribution in [0.3, 0.4) is 0 Å². The number of para-hydroxylation sites is 3. The predicted molar refractivity (Wildman–Crippen MR) is 520 cm³/mol. The summed E-state index contributed by atoms with van der Waals surface area (Å²) in [5, 5.41) is 15.0. The van der Waals surface area contributed by atoms with E-state index >= 15 is 0 Å². The first-order valence-electron chi connectivity index (χ1n) is 43.3. The lowest BCUT2D eigenvalue weighted by molar-refractivity contribution is 0.466. The van der Waals surface area contributed by atoms with Crippen LogP contribution in [0, 0.1) is 11.3 Å². The minimum absolute atomic E-state index is 0.127. The Labute approximate surface area is 724 Å². The Hall–Kier alpha value is -14.8. The summed E-state index contributed by atoms with van der Waals surface area (Å²) in [6.07, 6.45) is 0. The molecule has 2 aromatic heterocycles. The predicted octanol–water partition coefficient (Wildman–Crippen LogP) is 26.5. The van der Waals surface area contributed by atoms with E-state index in [2.05, 4.69) is 445 Å². The molecule has 4 aliphatic rings. The smallest absolute Gasteiger partial charge is 0.260 e. The molecule has 0 N–H and O–H groups in total. The van der Waals surface area contributed by atoms with E-state index in [1.165, 1.54) is 21.9 Å². The van der Waals surface area contributed by atoms with Gasteiger partial charge in [-0.15, -0.1) is 0 Å². The molecule has 19 aromatic rings. The number of benzene rings is 17. The van der Waals surface area contributed by atoms with Crippen LogP contribution in [0.5, 0.6) is 23.0 Å². The minimum Gasteiger partial charge on any atom is -0.459 e. The Kier molecular flexibility index (Phi) is 16.8. The number of hydrogen-bond donors (Lipinski definition) is 0. The fourth-order valence-corrected chi connectivity index (χ4v) is 20.5. The molecule has 0 bridgehead atoms. The number of nitrogens with zero attached hydrogens (tertiary/aromatic N) is 5. The van der Waals surface area contributed by atoms with E-state index in [1.54, 1.807) is 0 Å². The first-order valence-corrected chi connectivity index (χ1v) is 43.3. The van der Waals surface area contributed by atoms with Gasteiger partial charge in [0.15, 0.2) is 0 Å². The van der Waals surface area contributed by atoms with E-state index in [0.717, 1.165) is 201 Å². The summed E-state index contributed by atoms with van der Waals surface area (Å²) < 4.78 is 21.8. The van der Waals surface area contributed by atoms with Gasteiger partial charge in [0.05, 0.1) is 50.8 Å². The maximum absolute atomic E-state index is 10.6. The van der Waals surface area contributed by atoms with Crippen LogP contribution in [0.15, 0.2) is 364 Å². The van der Waals surface area contributed by atoms with Crippen molar-refractivity contribution in [3.63, 3.8) is 0 Å². The van der Waals surface area contributed by atoms with Gasteiger partial charge < -0.3 is 28.4 Å². The van der Waals surface area contributed by atoms with Gasteiger partial charge in [0.1, 0.15) is 23.0 Å². The summed E-state index contributed by atoms with van der Waals surface area (Å²) in [7, 11) is 0. The highest BCUT2D eigenvalue weighted by Crippen LogP contribution is 2.57. The second kappa shape index (κ2) is 28.1. The van der Waals surface area contributed by atoms with Crippen molar-refractivity contribution < 1.29 is 9.47 Å². The number of anilines is 6. The quantitative estimate of drug-likeness (QED) is 0.128. The summed E-state index contributed by atoms with van der Waals surface area (Å²) in [5.41, 5.74) is 35.2. The van der Waals surface area contributed by atoms with Crippen molar-refractivity contribution in [2.75, 3.05) is 9.80 Å². The van der Waals surface area contributed by atoms with Gasteiger partial charge in [0, 0.05) is 89.3 Å². The first-order chi connectivity index (χ1) is 60.4. The van der Waals surface area contributed by atoms with E-state index in [-0.39, 0.29) is 10.8 Å². The molecule has 0 saturated carbocycles. The molecular weight excluding hydrogens is 1500 g/mol. The fraction of sp³-hybridized carbons (Fsp3) is 0.104. The van der Waals surface area contributed by atoms with Crippen molar-refractivity contribution in [1.29, 1.82) is 5.26 Å². The maximum Gasteiger partial charge on any atom is 0.260 e. The molecule has 0 spiro atoms. The number of rotatable bonds is 10. The van der Waals surface area contributed by atoms with E-state index in [1.807, 2.05) is 6.07 Å². The third-order valence-electron chi connectivity index (χ3n) is 26.5. The highest BCUT2D eigenvalue weighted by molar-refractivity contribution is 7.03. The second-order valence-electron chi connectivity index (χ2n) is 36.9. The van der Waals surface area contributed by atoms with E-state index < -0.39 is 18.8 Å². The van der Waals surface area contributed by atoms with Gasteiger partial charge in [-0.1, -0.05) is 341 Å². The molecule has 0 atom stereocenters. The zero-order valence-electron chi connectivity index (χ0n) is 70.8. The zero-order valence-corrected chi connectivity index (χ0v) is 70.8. The molecule has 124 heavy (non-hydrogen) atoms. The lowest BCUT2D eigenvalue weighted by atomic mass is 9.30. The number of aromatic nitrogens is 2. The van der Waals surface area contributed by atoms with Crippen molar-refractivity contribution in [2.45, 2.75) is 78.6 Å². The monoisotopic (exact) mass is 1590 g/mol. The Balaban J connectivity index is 0.895. The molecule has 0 aliphatic carbocycles. The summed E-state index contributed by atoms with van der Waals surface area (Å²) in [6, 6.07) is 137. The third kappa shape index (κ3) is 11.6. The van der Waals surface area contributed by atoms with Crippen LogP contribution in [-0.2, 0) is 16.2 Å². The van der Waals surface area contributed by atoms with Crippen LogP contribution >= 0.6 is 0 Å². The van der Waals surface area contributed by atoms with E-state index in [9.17, 15) is 5.26 Å². The maximum atomic E-state index is 10.6. The van der Waals surface area contributed by atoms with Crippen molar-refractivity contribution in [3.05, 3.63) is 386 Å². The molecule has 9 heteroatoms. The molecule has 0 unspecified atom stereocenters. The molecule has 17 aromatic carbocycles. The molecule has 0 radical (unpaired) electrons. The summed E-state index contributed by atoms with van der Waals surface area (Å²) in [4.78, 5) is 5.30. The molecular formula is C115H87B2N5O2. The minimum atomic E-state index is -0.507. The molecule has 23 rings (SSSR count). The molecule has 4 aliphatic heterocycles. The van der Waals surface area contributed by atoms with Crippen LogP contribution in [0.1, 0.15) is 84.6 Å². The summed E-state index contributed by atoms with van der Waals surface area (Å²) in [5.74, 6) is 3.03. The van der Waals surface area contributed by atoms with Crippen LogP contribution in [-0.4, -0.2) is 22.6 Å². The summed E-state index contributed by atoms with van der Waals surface area (Å²) >= 11 is 0. The third-order valence-corrected chi connectivity index (χ3v) is 26.5. The van der Waals surface area contributed by atoms with Crippen LogP contribution in [0.25, 0.3) is 122 Å². The Morgan fingerprint density at radius 1 is 0.266 bits per heavy atom. The molecule has 0 saturated heterocycles. The van der Waals surface area contributed by atoms with Gasteiger partial charge in [-0.3, -0.25) is 0 Å². The van der Waals surface area contributed by atoms with Crippen molar-refractivity contribution in [2.24, 2.45) is 0 Å². The van der Waals surface area contributed by atoms with Gasteiger partial charge in [0.2, 0.25) is 0 Å². The highest BCUT2D eigenvalue weighted by Gasteiger charge is 2.52. The lowest BCUT2D eigenvalue weighted by Crippen LogP contribution is -2.65. The number of fused-ring (bicyclic) bond motifs is 15. The van der Waals surface area contributed by atoms with Gasteiger partial charge in [0.25, 0.3) is 13.4 Å². The van der Waals surface area contributed by atoms with Gasteiger partial charge in [-0.25, -0.2) is 0 Å². The second-order valence-corrected chi connectivity index (χ2v) is 36.9. The van der Waals surface area contributed by atoms with Crippen molar-refractivity contribution in [3.8, 4) is 107 Å². The van der Waals surface area contributed by atoms with Crippen LogP contribution < -0.4 is 52.1 Å². The van der Waals surface area contributed by atoms with Gasteiger partial charge in [-0.2, -0.15) is 5.26 Å². The van der Waals surface area contributed by atoms with Crippen molar-refractivity contribution in [1.82, 2.24) is 9.13 Å². The topological polar surface area (TPSA) is 58.6 Å². The zero-order chi connectivity index (χ0) is 83.8. The summed E-state index contributed by atoms with van der Waals surface area (Å²) in [6.45, 7) is 20.1. The largest absolute Gasteiger partial charge is 0.459 e. The average Bonchev–Trinajstić information content (AvgIpc) is 0.678. The number of nitriles is 1. The van der Waals surface area contributed by atoms with Gasteiger partial charge in [-0.05, 0) is 178 Å². The molecule has 590 valence electrons. The number of ether oxygens (including phenoxy) is 2. The highest BCUT2D eigenvalue weighted by atomic mass is 16.5. The number of hydrogen-bond acceptors (Lipinski definition) is 5. The lowest BCUT2D eigenvalue weighted by Gasteiger charge is -2.48. The van der Waals surface area contributed by atoms with Crippen LogP contribution in [0.2, 0.25) is 0 Å². The SMILES string of the molecule is CC(C)(C)c1cc2c3c(c1)N(c1c(-c4ccccc4)cccc1-c1ccccc1)c1cc4c5c(c1B3c1ccc(-n3c6ccccc6c6cc(C#N)ccc63)cc1N2c1c(-c2ccccc2)cccc1-c1ccccc1)Oc1ccc(-c2ccccc2)cc1B5c1ccc(-c2ccccc2)c(-n2c3ccc(C(C)(C)C)cc3c3cc(C(C)(C)C)ccc32)c1O4. The molecule has 0 amide bonds. The average molecular weight is 1590 g/mol. The standard InChI is InChI=1S/C115H87B2N5O2/c1-113(2,3)79-52-59-97-90(64-79)91-65-80(114(4,5)6)53-60-98(91)120(97)110-87(77-42-26-15-27-43-77)55-57-93-111(110)124-104-69-102-106(112-107(104)116(93)94-63-78(51-61-103(94)123-112)72-32-16-10-17-33-72)117-92-56-54-82(119-95-49-29-28-44-88(95)89-62-71(70-118)50-58-96(89)119)68-99(92)121(108-83(73-34-18-11-19-35-73)45-30-46-84(108)74-36-20-12-21-37-74)100-66-81(115(7,8)9)67-101(105(100)117)122(102)109-85(75-38-22-13-23-39-75)47-31-48-86(109)76-40-24-14-25-41-76/h10-69H,1-9H3.